The van der Waals surface area contributed by atoms with Gasteiger partial charge in [0, 0.05) is 7.05 Å². The fourth-order valence-corrected chi connectivity index (χ4v) is 7.76. The average Bonchev–Trinajstić information content (AvgIpc) is 3.05. The molecule has 1 heterocycles. The van der Waals surface area contributed by atoms with Crippen LogP contribution in [0.3, 0.4) is 0 Å². The largest absolute Gasteiger partial charge is 0.293 e. The molecule has 0 fully saturated rings. The minimum atomic E-state index is -2.43. The molecule has 1 aliphatic heterocycles. The van der Waals surface area contributed by atoms with Crippen LogP contribution in [0.15, 0.2) is 96.1 Å². The molecule has 3 aromatic carbocycles. The van der Waals surface area contributed by atoms with Crippen LogP contribution in [0, 0.1) is 5.92 Å². The van der Waals surface area contributed by atoms with E-state index in [1.807, 2.05) is 60.4 Å². The SMILES string of the molecule is CC1=NN(C)C(=O)C1C(=O)C=P(c1ccccc1)(c1ccccc1)c1ccccc1. The topological polar surface area (TPSA) is 49.7 Å². The highest BCUT2D eigenvalue weighted by atomic mass is 31.2. The van der Waals surface area contributed by atoms with Crippen molar-refractivity contribution in [2.75, 3.05) is 7.05 Å². The number of amides is 1. The van der Waals surface area contributed by atoms with E-state index in [0.717, 1.165) is 15.9 Å². The molecule has 4 rings (SSSR count). The number of hydrogen-bond acceptors (Lipinski definition) is 3. The Morgan fingerprint density at radius 2 is 1.23 bits per heavy atom. The Bertz CT molecular complexity index is 1050. The van der Waals surface area contributed by atoms with Gasteiger partial charge in [-0.3, -0.25) is 9.59 Å². The van der Waals surface area contributed by atoms with Crippen LogP contribution in [0.4, 0.5) is 0 Å². The maximum Gasteiger partial charge on any atom is 0.259 e. The van der Waals surface area contributed by atoms with E-state index < -0.39 is 12.8 Å². The Hall–Kier alpha value is -3.23. The van der Waals surface area contributed by atoms with Gasteiger partial charge in [-0.05, 0) is 35.5 Å². The van der Waals surface area contributed by atoms with Gasteiger partial charge in [0.15, 0.2) is 5.78 Å². The first-order chi connectivity index (χ1) is 14.5. The second kappa shape index (κ2) is 8.25. The number of nitrogens with zero attached hydrogens (tertiary/aromatic N) is 2. The first-order valence-corrected chi connectivity index (χ1v) is 11.7. The molecule has 5 heteroatoms. The van der Waals surface area contributed by atoms with Crippen molar-refractivity contribution < 1.29 is 9.59 Å². The number of hydrazone groups is 1. The molecule has 0 aromatic heterocycles. The van der Waals surface area contributed by atoms with Gasteiger partial charge in [0.25, 0.3) is 5.91 Å². The summed E-state index contributed by atoms with van der Waals surface area (Å²) in [5.74, 6) is 0.482. The van der Waals surface area contributed by atoms with Crippen LogP contribution in [-0.2, 0) is 9.59 Å². The number of Topliss-reactive ketones (excluding diaryl/α,β-unsaturated/α-hetero) is 1. The van der Waals surface area contributed by atoms with Gasteiger partial charge in [-0.25, -0.2) is 5.01 Å². The molecule has 0 spiro atoms. The lowest BCUT2D eigenvalue weighted by atomic mass is 10.0. The number of carbonyl (C=O) groups excluding carboxylic acids is 2. The van der Waals surface area contributed by atoms with Crippen molar-refractivity contribution in [3.63, 3.8) is 0 Å². The van der Waals surface area contributed by atoms with Crippen molar-refractivity contribution in [1.29, 1.82) is 0 Å². The number of hydrogen-bond donors (Lipinski definition) is 0. The smallest absolute Gasteiger partial charge is 0.259 e. The van der Waals surface area contributed by atoms with Crippen LogP contribution < -0.4 is 15.9 Å². The number of carbonyl (C=O) groups is 2. The number of rotatable bonds is 5. The maximum atomic E-state index is 13.6. The van der Waals surface area contributed by atoms with E-state index >= 15 is 0 Å². The Balaban J connectivity index is 2.03. The second-order valence-electron chi connectivity index (χ2n) is 7.30. The van der Waals surface area contributed by atoms with Crippen LogP contribution in [0.25, 0.3) is 0 Å². The van der Waals surface area contributed by atoms with Crippen molar-refractivity contribution in [1.82, 2.24) is 5.01 Å². The van der Waals surface area contributed by atoms with Crippen molar-refractivity contribution in [3.8, 4) is 0 Å². The Kier molecular flexibility index (Phi) is 5.52. The third-order valence-corrected chi connectivity index (χ3v) is 9.37. The zero-order chi connectivity index (χ0) is 21.1. The molecule has 1 amide bonds. The summed E-state index contributed by atoms with van der Waals surface area (Å²) in [7, 11) is 1.59. The van der Waals surface area contributed by atoms with Crippen molar-refractivity contribution >= 4 is 46.0 Å². The first-order valence-electron chi connectivity index (χ1n) is 9.82. The fraction of sp³-hybridized carbons (Fsp3) is 0.120. The summed E-state index contributed by atoms with van der Waals surface area (Å²) < 4.78 is 0. The van der Waals surface area contributed by atoms with E-state index in [-0.39, 0.29) is 11.7 Å². The van der Waals surface area contributed by atoms with Crippen LogP contribution in [-0.4, -0.2) is 35.3 Å². The molecule has 0 bridgehead atoms. The lowest BCUT2D eigenvalue weighted by Crippen LogP contribution is -2.35. The van der Waals surface area contributed by atoms with Gasteiger partial charge in [0.2, 0.25) is 0 Å². The monoisotopic (exact) mass is 414 g/mol. The van der Waals surface area contributed by atoms with E-state index in [0.29, 0.717) is 5.71 Å². The summed E-state index contributed by atoms with van der Waals surface area (Å²) in [6, 6.07) is 30.3. The van der Waals surface area contributed by atoms with E-state index in [4.69, 9.17) is 0 Å². The zero-order valence-electron chi connectivity index (χ0n) is 17.0. The van der Waals surface area contributed by atoms with Gasteiger partial charge in [-0.1, -0.05) is 91.0 Å². The van der Waals surface area contributed by atoms with E-state index in [2.05, 4.69) is 41.5 Å². The highest BCUT2D eigenvalue weighted by Crippen LogP contribution is 2.44. The average molecular weight is 414 g/mol. The summed E-state index contributed by atoms with van der Waals surface area (Å²) in [6.07, 6.45) is 0. The molecule has 0 aliphatic carbocycles. The van der Waals surface area contributed by atoms with E-state index in [1.54, 1.807) is 14.0 Å². The van der Waals surface area contributed by atoms with Crippen LogP contribution >= 0.6 is 6.89 Å². The molecule has 0 saturated carbocycles. The lowest BCUT2D eigenvalue weighted by molar-refractivity contribution is -0.133. The number of benzene rings is 3. The molecular formula is C25H23N2O2P. The van der Waals surface area contributed by atoms with E-state index in [9.17, 15) is 9.59 Å². The normalized spacial score (nSPS) is 16.3. The molecule has 1 unspecified atom stereocenters. The Morgan fingerprint density at radius 3 is 1.57 bits per heavy atom. The van der Waals surface area contributed by atoms with Crippen LogP contribution in [0.5, 0.6) is 0 Å². The molecule has 150 valence electrons. The molecule has 0 saturated heterocycles. The Labute approximate surface area is 176 Å². The van der Waals surface area contributed by atoms with Gasteiger partial charge in [0.1, 0.15) is 5.92 Å². The van der Waals surface area contributed by atoms with Crippen molar-refractivity contribution in [3.05, 3.63) is 91.0 Å². The predicted octanol–water partition coefficient (Wildman–Crippen LogP) is 2.82. The minimum Gasteiger partial charge on any atom is -0.293 e. The van der Waals surface area contributed by atoms with Gasteiger partial charge < -0.3 is 0 Å². The standard InChI is InChI=1S/C25H23N2O2P/c1-19-24(25(29)27(2)26-19)23(28)18-30(20-12-6-3-7-13-20,21-14-8-4-9-15-21)22-16-10-5-11-17-22/h3-18,24H,1-2H3. The summed E-state index contributed by atoms with van der Waals surface area (Å²) in [6.45, 7) is -0.693. The first kappa shape index (κ1) is 20.1. The third kappa shape index (κ3) is 3.44. The van der Waals surface area contributed by atoms with E-state index in [1.165, 1.54) is 5.01 Å². The highest BCUT2D eigenvalue weighted by molar-refractivity contribution is 7.95. The summed E-state index contributed by atoms with van der Waals surface area (Å²) in [5.41, 5.74) is 0.538. The number of ketones is 1. The summed E-state index contributed by atoms with van der Waals surface area (Å²) in [5, 5.41) is 8.68. The van der Waals surface area contributed by atoms with Gasteiger partial charge in [-0.2, -0.15) is 5.10 Å². The molecule has 0 N–H and O–H groups in total. The van der Waals surface area contributed by atoms with Crippen LogP contribution in [0.2, 0.25) is 0 Å². The molecular weight excluding hydrogens is 391 g/mol. The fourth-order valence-electron chi connectivity index (χ4n) is 3.96. The Morgan fingerprint density at radius 1 is 0.833 bits per heavy atom. The minimum absolute atomic E-state index is 0.199. The van der Waals surface area contributed by atoms with Gasteiger partial charge >= 0.3 is 0 Å². The van der Waals surface area contributed by atoms with Gasteiger partial charge in [-0.15, -0.1) is 0 Å². The van der Waals surface area contributed by atoms with Crippen molar-refractivity contribution in [2.24, 2.45) is 11.0 Å². The second-order valence-corrected chi connectivity index (χ2v) is 10.5. The lowest BCUT2D eigenvalue weighted by Gasteiger charge is -2.28. The molecule has 30 heavy (non-hydrogen) atoms. The van der Waals surface area contributed by atoms with Gasteiger partial charge in [0.05, 0.1) is 5.71 Å². The molecule has 1 atom stereocenters. The summed E-state index contributed by atoms with van der Waals surface area (Å²) in [4.78, 5) is 26.2. The van der Waals surface area contributed by atoms with Crippen LogP contribution in [0.1, 0.15) is 6.92 Å². The third-order valence-electron chi connectivity index (χ3n) is 5.39. The molecule has 0 radical (unpaired) electrons. The summed E-state index contributed by atoms with van der Waals surface area (Å²) >= 11 is 0. The maximum absolute atomic E-state index is 13.6. The molecule has 4 nitrogen and oxygen atoms in total. The van der Waals surface area contributed by atoms with Crippen molar-refractivity contribution in [2.45, 2.75) is 6.92 Å². The zero-order valence-corrected chi connectivity index (χ0v) is 17.9. The highest BCUT2D eigenvalue weighted by Gasteiger charge is 2.38. The quantitative estimate of drug-likeness (QED) is 0.476. The molecule has 3 aromatic rings. The molecule has 1 aliphatic rings. The predicted molar refractivity (Wildman–Crippen MR) is 126 cm³/mol.